The molecule has 1 N–H and O–H groups in total. The van der Waals surface area contributed by atoms with Crippen LogP contribution in [0.5, 0.6) is 0 Å². The molecule has 2 saturated heterocycles. The third kappa shape index (κ3) is 2.68. The zero-order valence-electron chi connectivity index (χ0n) is 12.9. The van der Waals surface area contributed by atoms with Crippen LogP contribution in [0, 0.1) is 11.8 Å². The standard InChI is InChI=1S/C15H26N2O3/c1-9-7-13(18)17(11(3)14(9)15(19)20)12-5-6-16(4)10(2)8-12/h9-12,14H,5-8H2,1-4H3,(H,19,20). The number of amides is 1. The second-order valence-corrected chi connectivity index (χ2v) is 6.59. The fraction of sp³-hybridized carbons (Fsp3) is 0.867. The van der Waals surface area contributed by atoms with Gasteiger partial charge in [-0.05, 0) is 39.7 Å². The van der Waals surface area contributed by atoms with Crippen LogP contribution in [-0.4, -0.2) is 58.5 Å². The van der Waals surface area contributed by atoms with E-state index < -0.39 is 11.9 Å². The lowest BCUT2D eigenvalue weighted by atomic mass is 9.79. The van der Waals surface area contributed by atoms with E-state index in [1.165, 1.54) is 0 Å². The van der Waals surface area contributed by atoms with E-state index in [4.69, 9.17) is 0 Å². The summed E-state index contributed by atoms with van der Waals surface area (Å²) < 4.78 is 0. The molecule has 0 saturated carbocycles. The van der Waals surface area contributed by atoms with Crippen LogP contribution in [0.2, 0.25) is 0 Å². The van der Waals surface area contributed by atoms with E-state index in [0.29, 0.717) is 12.5 Å². The SMILES string of the molecule is CC1CC(=O)N(C2CCN(C)C(C)C2)C(C)C1C(=O)O. The maximum atomic E-state index is 12.4. The van der Waals surface area contributed by atoms with Gasteiger partial charge in [0.15, 0.2) is 0 Å². The topological polar surface area (TPSA) is 60.9 Å². The molecule has 2 aliphatic rings. The summed E-state index contributed by atoms with van der Waals surface area (Å²) in [7, 11) is 2.10. The van der Waals surface area contributed by atoms with Crippen molar-refractivity contribution >= 4 is 11.9 Å². The lowest BCUT2D eigenvalue weighted by molar-refractivity contribution is -0.158. The van der Waals surface area contributed by atoms with Crippen LogP contribution in [0.3, 0.4) is 0 Å². The number of hydrogen-bond donors (Lipinski definition) is 1. The Morgan fingerprint density at radius 2 is 1.95 bits per heavy atom. The number of hydrogen-bond acceptors (Lipinski definition) is 3. The largest absolute Gasteiger partial charge is 0.481 e. The average Bonchev–Trinajstić information content (AvgIpc) is 2.32. The minimum absolute atomic E-state index is 0.0741. The van der Waals surface area contributed by atoms with Gasteiger partial charge in [0, 0.05) is 31.1 Å². The first-order valence-electron chi connectivity index (χ1n) is 7.57. The minimum Gasteiger partial charge on any atom is -0.481 e. The summed E-state index contributed by atoms with van der Waals surface area (Å²) in [5.41, 5.74) is 0. The van der Waals surface area contributed by atoms with Crippen LogP contribution in [0.25, 0.3) is 0 Å². The molecule has 2 heterocycles. The summed E-state index contributed by atoms with van der Waals surface area (Å²) in [5.74, 6) is -1.16. The lowest BCUT2D eigenvalue weighted by Gasteiger charge is -2.48. The second kappa shape index (κ2) is 5.72. The molecule has 0 spiro atoms. The monoisotopic (exact) mass is 282 g/mol. The molecule has 0 aromatic rings. The molecule has 20 heavy (non-hydrogen) atoms. The van der Waals surface area contributed by atoms with Crippen molar-refractivity contribution in [2.75, 3.05) is 13.6 Å². The Balaban J connectivity index is 2.17. The summed E-state index contributed by atoms with van der Waals surface area (Å²) >= 11 is 0. The van der Waals surface area contributed by atoms with E-state index in [9.17, 15) is 14.7 Å². The minimum atomic E-state index is -0.775. The second-order valence-electron chi connectivity index (χ2n) is 6.59. The van der Waals surface area contributed by atoms with Crippen molar-refractivity contribution in [2.24, 2.45) is 11.8 Å². The first kappa shape index (κ1) is 15.3. The van der Waals surface area contributed by atoms with E-state index in [0.717, 1.165) is 19.4 Å². The Kier molecular flexibility index (Phi) is 4.37. The van der Waals surface area contributed by atoms with Crippen molar-refractivity contribution in [3.8, 4) is 0 Å². The highest BCUT2D eigenvalue weighted by molar-refractivity contribution is 5.82. The van der Waals surface area contributed by atoms with Gasteiger partial charge in [0.2, 0.25) is 5.91 Å². The van der Waals surface area contributed by atoms with Gasteiger partial charge in [-0.25, -0.2) is 0 Å². The molecule has 1 amide bonds. The summed E-state index contributed by atoms with van der Waals surface area (Å²) in [5, 5.41) is 9.43. The summed E-state index contributed by atoms with van der Waals surface area (Å²) in [6.07, 6.45) is 2.24. The van der Waals surface area contributed by atoms with Gasteiger partial charge in [-0.1, -0.05) is 6.92 Å². The Labute approximate surface area is 120 Å². The number of carbonyl (C=O) groups excluding carboxylic acids is 1. The number of piperidine rings is 2. The number of nitrogens with zero attached hydrogens (tertiary/aromatic N) is 2. The number of carbonyl (C=O) groups is 2. The highest BCUT2D eigenvalue weighted by atomic mass is 16.4. The molecular weight excluding hydrogens is 256 g/mol. The van der Waals surface area contributed by atoms with Gasteiger partial charge >= 0.3 is 5.97 Å². The highest BCUT2D eigenvalue weighted by Gasteiger charge is 2.45. The molecule has 0 radical (unpaired) electrons. The van der Waals surface area contributed by atoms with Gasteiger partial charge in [0.1, 0.15) is 0 Å². The number of carboxylic acid groups (broad SMARTS) is 1. The first-order chi connectivity index (χ1) is 9.32. The van der Waals surface area contributed by atoms with Gasteiger partial charge in [0.05, 0.1) is 5.92 Å². The van der Waals surface area contributed by atoms with Crippen molar-refractivity contribution in [3.05, 3.63) is 0 Å². The van der Waals surface area contributed by atoms with Gasteiger partial charge in [-0.3, -0.25) is 9.59 Å². The molecule has 5 heteroatoms. The smallest absolute Gasteiger partial charge is 0.308 e. The third-order valence-electron chi connectivity index (χ3n) is 5.22. The van der Waals surface area contributed by atoms with Crippen LogP contribution < -0.4 is 0 Å². The van der Waals surface area contributed by atoms with Crippen molar-refractivity contribution < 1.29 is 14.7 Å². The number of carboxylic acids is 1. The molecule has 5 unspecified atom stereocenters. The fourth-order valence-corrected chi connectivity index (χ4v) is 3.89. The van der Waals surface area contributed by atoms with Gasteiger partial charge in [0.25, 0.3) is 0 Å². The predicted molar refractivity (Wildman–Crippen MR) is 76.3 cm³/mol. The average molecular weight is 282 g/mol. The van der Waals surface area contributed by atoms with E-state index in [-0.39, 0.29) is 23.9 Å². The summed E-state index contributed by atoms with van der Waals surface area (Å²) in [6.45, 7) is 6.91. The van der Waals surface area contributed by atoms with Crippen molar-refractivity contribution in [2.45, 2.75) is 58.2 Å². The number of likely N-dealkylation sites (tertiary alicyclic amines) is 2. The fourth-order valence-electron chi connectivity index (χ4n) is 3.89. The van der Waals surface area contributed by atoms with Crippen LogP contribution in [0.1, 0.15) is 40.0 Å². The number of rotatable bonds is 2. The van der Waals surface area contributed by atoms with Crippen molar-refractivity contribution in [1.82, 2.24) is 9.80 Å². The van der Waals surface area contributed by atoms with Crippen molar-refractivity contribution in [3.63, 3.8) is 0 Å². The maximum absolute atomic E-state index is 12.4. The molecule has 5 nitrogen and oxygen atoms in total. The first-order valence-corrected chi connectivity index (χ1v) is 7.57. The normalized spacial score (nSPS) is 39.9. The predicted octanol–water partition coefficient (Wildman–Crippen LogP) is 1.43. The van der Waals surface area contributed by atoms with Crippen LogP contribution in [0.15, 0.2) is 0 Å². The van der Waals surface area contributed by atoms with Gasteiger partial charge in [-0.15, -0.1) is 0 Å². The van der Waals surface area contributed by atoms with Crippen molar-refractivity contribution in [1.29, 1.82) is 0 Å². The lowest BCUT2D eigenvalue weighted by Crippen LogP contribution is -2.59. The molecule has 0 aromatic carbocycles. The molecule has 2 fully saturated rings. The molecule has 5 atom stereocenters. The zero-order chi connectivity index (χ0) is 15.0. The molecule has 2 aliphatic heterocycles. The van der Waals surface area contributed by atoms with E-state index >= 15 is 0 Å². The molecular formula is C15H26N2O3. The Morgan fingerprint density at radius 3 is 2.50 bits per heavy atom. The summed E-state index contributed by atoms with van der Waals surface area (Å²) in [6, 6.07) is 0.429. The molecule has 114 valence electrons. The third-order valence-corrected chi connectivity index (χ3v) is 5.22. The Bertz CT molecular complexity index is 399. The Morgan fingerprint density at radius 1 is 1.30 bits per heavy atom. The van der Waals surface area contributed by atoms with Crippen LogP contribution >= 0.6 is 0 Å². The maximum Gasteiger partial charge on any atom is 0.308 e. The molecule has 0 aromatic heterocycles. The zero-order valence-corrected chi connectivity index (χ0v) is 12.9. The molecule has 0 aliphatic carbocycles. The quantitative estimate of drug-likeness (QED) is 0.832. The van der Waals surface area contributed by atoms with E-state index in [1.807, 2.05) is 18.7 Å². The van der Waals surface area contributed by atoms with E-state index in [2.05, 4.69) is 18.9 Å². The highest BCUT2D eigenvalue weighted by Crippen LogP contribution is 2.34. The van der Waals surface area contributed by atoms with Gasteiger partial charge < -0.3 is 14.9 Å². The molecule has 2 rings (SSSR count). The Hall–Kier alpha value is -1.10. The summed E-state index contributed by atoms with van der Waals surface area (Å²) in [4.78, 5) is 28.0. The number of aliphatic carboxylic acids is 1. The molecule has 0 bridgehead atoms. The van der Waals surface area contributed by atoms with Crippen LogP contribution in [-0.2, 0) is 9.59 Å². The van der Waals surface area contributed by atoms with Crippen LogP contribution in [0.4, 0.5) is 0 Å². The van der Waals surface area contributed by atoms with E-state index in [1.54, 1.807) is 0 Å². The van der Waals surface area contributed by atoms with Gasteiger partial charge in [-0.2, -0.15) is 0 Å².